The van der Waals surface area contributed by atoms with Gasteiger partial charge >= 0.3 is 8.72 Å². The molecule has 0 saturated heterocycles. The molecule has 13 heteroatoms. The fraction of sp³-hybridized carbons (Fsp3) is 0.333. The van der Waals surface area contributed by atoms with Crippen molar-refractivity contribution in [1.29, 1.82) is 0 Å². The Hall–Kier alpha value is -5.30. The molecular weight excluding hydrogens is 637 g/mol. The van der Waals surface area contributed by atoms with Gasteiger partial charge in [0.05, 0.1) is 52.6 Å². The van der Waals surface area contributed by atoms with E-state index in [9.17, 15) is 0 Å². The zero-order valence-electron chi connectivity index (χ0n) is 28.6. The highest BCUT2D eigenvalue weighted by Crippen LogP contribution is 2.25. The largest absolute Gasteiger partial charge is 0.650 e. The Morgan fingerprint density at radius 2 is 0.592 bits per heavy atom. The normalized spacial score (nSPS) is 13.0. The average Bonchev–Trinajstić information content (AvgIpc) is 3.12. The van der Waals surface area contributed by atoms with Crippen LogP contribution in [0.15, 0.2) is 137 Å². The van der Waals surface area contributed by atoms with Gasteiger partial charge in [-0.05, 0) is 52.0 Å². The second kappa shape index (κ2) is 20.1. The summed E-state index contributed by atoms with van der Waals surface area (Å²) in [5.74, 6) is 2.92. The highest BCUT2D eigenvalue weighted by atomic mass is 28.4. The Kier molecular flexibility index (Phi) is 15.0. The molecule has 0 aliphatic carbocycles. The van der Waals surface area contributed by atoms with Gasteiger partial charge in [-0.3, -0.25) is 0 Å². The molecule has 0 unspecified atom stereocenters. The molecule has 12 nitrogen and oxygen atoms in total. The summed E-state index contributed by atoms with van der Waals surface area (Å²) in [6, 6.07) is 30.8. The summed E-state index contributed by atoms with van der Waals surface area (Å²) >= 11 is 0. The van der Waals surface area contributed by atoms with E-state index in [1.807, 2.05) is 125 Å². The molecule has 0 heterocycles. The van der Waals surface area contributed by atoms with Crippen LogP contribution in [0.5, 0.6) is 23.0 Å². The molecule has 0 radical (unpaired) electrons. The third kappa shape index (κ3) is 11.4. The minimum Gasteiger partial charge on any atom is -0.494 e. The molecule has 0 N–H and O–H groups in total. The van der Waals surface area contributed by atoms with Crippen LogP contribution in [0.3, 0.4) is 0 Å². The number of hydrogen-bond donors (Lipinski definition) is 0. The Morgan fingerprint density at radius 1 is 0.367 bits per heavy atom. The zero-order valence-corrected chi connectivity index (χ0v) is 29.6. The van der Waals surface area contributed by atoms with Gasteiger partial charge in [-0.2, -0.15) is 39.6 Å². The van der Waals surface area contributed by atoms with Gasteiger partial charge in [-0.25, -0.2) is 0 Å². The van der Waals surface area contributed by atoms with Crippen molar-refractivity contribution in [2.75, 3.05) is 26.4 Å². The summed E-state index contributed by atoms with van der Waals surface area (Å²) in [4.78, 5) is 0. The van der Waals surface area contributed by atoms with Crippen LogP contribution in [0.2, 0.25) is 0 Å². The van der Waals surface area contributed by atoms with E-state index in [-0.39, 0.29) is 26.2 Å². The molecule has 256 valence electrons. The summed E-state index contributed by atoms with van der Waals surface area (Å²) in [6.07, 6.45) is 0. The van der Waals surface area contributed by atoms with Crippen molar-refractivity contribution in [3.63, 3.8) is 0 Å². The maximum Gasteiger partial charge on any atom is 0.650 e. The van der Waals surface area contributed by atoms with E-state index >= 15 is 0 Å². The van der Waals surface area contributed by atoms with E-state index in [0.29, 0.717) is 26.4 Å². The Bertz CT molecular complexity index is 1460. The van der Waals surface area contributed by atoms with Crippen LogP contribution in [0.4, 0.5) is 0 Å². The molecule has 0 fully saturated rings. The summed E-state index contributed by atoms with van der Waals surface area (Å²) < 4.78 is 41.8. The van der Waals surface area contributed by atoms with Crippen molar-refractivity contribution in [1.82, 2.24) is 0 Å². The third-order valence-electron chi connectivity index (χ3n) is 6.87. The van der Waals surface area contributed by atoms with E-state index < -0.39 is 8.72 Å². The van der Waals surface area contributed by atoms with Gasteiger partial charge < -0.3 is 18.9 Å². The van der Waals surface area contributed by atoms with Gasteiger partial charge in [0, 0.05) is 22.3 Å². The van der Waals surface area contributed by atoms with Crippen LogP contribution in [0.25, 0.3) is 0 Å². The van der Waals surface area contributed by atoms with E-state index in [0.717, 1.165) is 45.3 Å². The molecule has 0 atom stereocenters. The predicted molar refractivity (Wildman–Crippen MR) is 190 cm³/mol. The molecule has 4 rings (SSSR count). The maximum absolute atomic E-state index is 5.80. The van der Waals surface area contributed by atoms with Crippen molar-refractivity contribution in [3.05, 3.63) is 119 Å². The first-order chi connectivity index (χ1) is 24.1. The van der Waals surface area contributed by atoms with Gasteiger partial charge in [0.15, 0.2) is 0 Å². The van der Waals surface area contributed by atoms with Gasteiger partial charge in [0.2, 0.25) is 0 Å². The second-order valence-corrected chi connectivity index (χ2v) is 12.4. The first-order valence-corrected chi connectivity index (χ1v) is 18.3. The molecule has 4 aromatic rings. The summed E-state index contributed by atoms with van der Waals surface area (Å²) in [5, 5.41) is 18.2. The molecule has 0 aliphatic rings. The minimum absolute atomic E-state index is 0.221. The molecule has 49 heavy (non-hydrogen) atoms. The van der Waals surface area contributed by atoms with Crippen LogP contribution in [-0.4, -0.2) is 35.1 Å². The SMILES string of the molecule is CCOc1ccccc1CN=N[Si](N=NCc1ccccc1OCC)(N=NCc1ccccc1OCC)N=NCc1ccccc1OCC. The van der Waals surface area contributed by atoms with Gasteiger partial charge in [-0.1, -0.05) is 72.8 Å². The van der Waals surface area contributed by atoms with Crippen LogP contribution in [0, 0.1) is 0 Å². The van der Waals surface area contributed by atoms with E-state index in [2.05, 4.69) is 39.6 Å². The number of para-hydroxylation sites is 4. The lowest BCUT2D eigenvalue weighted by Gasteiger charge is -2.11. The summed E-state index contributed by atoms with van der Waals surface area (Å²) in [7, 11) is -3.88. The van der Waals surface area contributed by atoms with E-state index in [1.54, 1.807) is 0 Å². The lowest BCUT2D eigenvalue weighted by Crippen LogP contribution is -2.24. The number of ether oxygens (including phenoxy) is 4. The van der Waals surface area contributed by atoms with Gasteiger partial charge in [-0.15, -0.1) is 0 Å². The average molecular weight is 681 g/mol. The van der Waals surface area contributed by atoms with Crippen molar-refractivity contribution in [3.8, 4) is 23.0 Å². The molecule has 0 aromatic heterocycles. The number of benzene rings is 4. The Labute approximate surface area is 289 Å². The first kappa shape index (κ1) is 36.5. The molecule has 0 amide bonds. The fourth-order valence-corrected chi connectivity index (χ4v) is 5.95. The van der Waals surface area contributed by atoms with Crippen LogP contribution < -0.4 is 18.9 Å². The quantitative estimate of drug-likeness (QED) is 0.0678. The molecule has 0 spiro atoms. The lowest BCUT2D eigenvalue weighted by atomic mass is 10.2. The highest BCUT2D eigenvalue weighted by Gasteiger charge is 2.40. The Morgan fingerprint density at radius 3 is 0.816 bits per heavy atom. The van der Waals surface area contributed by atoms with Crippen LogP contribution >= 0.6 is 0 Å². The van der Waals surface area contributed by atoms with Crippen molar-refractivity contribution in [2.24, 2.45) is 39.6 Å². The maximum atomic E-state index is 5.80. The van der Waals surface area contributed by atoms with Crippen molar-refractivity contribution < 1.29 is 18.9 Å². The number of nitrogens with zero attached hydrogens (tertiary/aromatic N) is 8. The molecular formula is C36H44N8O4Si. The van der Waals surface area contributed by atoms with Gasteiger partial charge in [0.1, 0.15) is 23.0 Å². The smallest absolute Gasteiger partial charge is 0.494 e. The molecule has 4 aromatic carbocycles. The van der Waals surface area contributed by atoms with Crippen molar-refractivity contribution in [2.45, 2.75) is 53.9 Å². The highest BCUT2D eigenvalue weighted by molar-refractivity contribution is 6.72. The topological polar surface area (TPSA) is 136 Å². The number of rotatable bonds is 20. The van der Waals surface area contributed by atoms with E-state index in [1.165, 1.54) is 0 Å². The third-order valence-corrected chi connectivity index (χ3v) is 8.51. The first-order valence-electron chi connectivity index (χ1n) is 16.5. The monoisotopic (exact) mass is 680 g/mol. The summed E-state index contributed by atoms with van der Waals surface area (Å²) in [6.45, 7) is 10.7. The van der Waals surface area contributed by atoms with Crippen molar-refractivity contribution >= 4 is 8.72 Å². The molecule has 0 saturated carbocycles. The summed E-state index contributed by atoms with van der Waals surface area (Å²) in [5.41, 5.74) is 3.46. The minimum atomic E-state index is -3.88. The molecule has 0 bridgehead atoms. The van der Waals surface area contributed by atoms with Crippen LogP contribution in [0.1, 0.15) is 49.9 Å². The fourth-order valence-electron chi connectivity index (χ4n) is 4.67. The van der Waals surface area contributed by atoms with Crippen LogP contribution in [-0.2, 0) is 26.2 Å². The number of hydrogen-bond acceptors (Lipinski definition) is 12. The molecule has 0 aliphatic heterocycles. The zero-order chi connectivity index (χ0) is 34.6. The Balaban J connectivity index is 1.74. The van der Waals surface area contributed by atoms with Gasteiger partial charge in [0.25, 0.3) is 0 Å². The second-order valence-electron chi connectivity index (χ2n) is 10.4. The lowest BCUT2D eigenvalue weighted by molar-refractivity contribution is 0.336. The predicted octanol–water partition coefficient (Wildman–Crippen LogP) is 9.63. The standard InChI is InChI=1S/C36H44N8O4Si/c1-5-45-33-21-13-9-17-29(33)25-37-41-49(42-38-26-30-18-10-14-22-34(30)46-6-2,43-39-27-31-19-11-15-23-35(31)47-7-3)44-40-28-32-20-12-16-24-36(32)48-8-4/h9-24H,5-8,25-28H2,1-4H3. The van der Waals surface area contributed by atoms with E-state index in [4.69, 9.17) is 18.9 Å².